The van der Waals surface area contributed by atoms with Gasteiger partial charge in [-0.1, -0.05) is 6.58 Å². The zero-order valence-corrected chi connectivity index (χ0v) is 18.7. The molecule has 2 aromatic rings. The first-order valence-corrected chi connectivity index (χ1v) is 10.7. The van der Waals surface area contributed by atoms with Crippen molar-refractivity contribution in [2.75, 3.05) is 44.2 Å². The first-order chi connectivity index (χ1) is 15.6. The number of hydrogen-bond donors (Lipinski definition) is 2. The van der Waals surface area contributed by atoms with Crippen LogP contribution < -0.4 is 10.3 Å². The molecular formula is C23H28FN3O6. The van der Waals surface area contributed by atoms with E-state index >= 15 is 0 Å². The van der Waals surface area contributed by atoms with Gasteiger partial charge in [-0.2, -0.15) is 0 Å². The number of aromatic carboxylic acids is 1. The molecule has 1 aliphatic heterocycles. The number of esters is 1. The number of anilines is 1. The summed E-state index contributed by atoms with van der Waals surface area (Å²) in [5.41, 5.74) is -0.0267. The molecule has 0 radical (unpaired) electrons. The number of ether oxygens (including phenoxy) is 1. The Morgan fingerprint density at radius 2 is 1.91 bits per heavy atom. The first-order valence-electron chi connectivity index (χ1n) is 10.7. The zero-order chi connectivity index (χ0) is 24.3. The number of carboxylic acids is 1. The lowest BCUT2D eigenvalue weighted by Gasteiger charge is -2.37. The number of aliphatic hydroxyl groups excluding tert-OH is 1. The van der Waals surface area contributed by atoms with Crippen molar-refractivity contribution in [1.82, 2.24) is 9.47 Å². The number of nitrogens with zero attached hydrogens (tertiary/aromatic N) is 3. The Labute approximate surface area is 190 Å². The van der Waals surface area contributed by atoms with Crippen molar-refractivity contribution in [1.29, 1.82) is 0 Å². The fourth-order valence-electron chi connectivity index (χ4n) is 3.87. The number of carbonyl (C=O) groups is 2. The van der Waals surface area contributed by atoms with E-state index in [0.29, 0.717) is 50.5 Å². The first kappa shape index (κ1) is 24.4. The largest absolute Gasteiger partial charge is 0.477 e. The number of aryl methyl sites for hydroxylation is 1. The number of β-amino-alcohol motifs (C(OH)–C–C–N with tert-alkyl or cyclic N) is 1. The van der Waals surface area contributed by atoms with Gasteiger partial charge in [0.25, 0.3) is 0 Å². The minimum Gasteiger partial charge on any atom is -0.477 e. The lowest BCUT2D eigenvalue weighted by molar-refractivity contribution is -0.142. The topological polar surface area (TPSA) is 112 Å². The van der Waals surface area contributed by atoms with E-state index in [1.54, 1.807) is 10.6 Å². The molecule has 1 atom stereocenters. The van der Waals surface area contributed by atoms with Crippen LogP contribution in [0.1, 0.15) is 24.2 Å². The van der Waals surface area contributed by atoms with Crippen molar-refractivity contribution in [3.05, 3.63) is 52.1 Å². The van der Waals surface area contributed by atoms with E-state index in [1.807, 2.05) is 16.7 Å². The Hall–Kier alpha value is -3.24. The van der Waals surface area contributed by atoms with Crippen LogP contribution in [-0.2, 0) is 16.1 Å². The van der Waals surface area contributed by atoms with Crippen LogP contribution in [0.5, 0.6) is 0 Å². The molecule has 0 spiro atoms. The number of rotatable bonds is 8. The zero-order valence-electron chi connectivity index (χ0n) is 18.7. The smallest absolute Gasteiger partial charge is 0.341 e. The Kier molecular flexibility index (Phi) is 7.50. The average Bonchev–Trinajstić information content (AvgIpc) is 2.78. The molecule has 1 aliphatic rings. The average molecular weight is 461 g/mol. The van der Waals surface area contributed by atoms with Crippen molar-refractivity contribution in [3.63, 3.8) is 0 Å². The lowest BCUT2D eigenvalue weighted by Crippen LogP contribution is -2.49. The fourth-order valence-corrected chi connectivity index (χ4v) is 3.87. The van der Waals surface area contributed by atoms with Crippen LogP contribution in [0.25, 0.3) is 10.9 Å². The maximum absolute atomic E-state index is 15.0. The van der Waals surface area contributed by atoms with Crippen LogP contribution >= 0.6 is 0 Å². The van der Waals surface area contributed by atoms with Gasteiger partial charge in [-0.25, -0.2) is 14.0 Å². The number of carbonyl (C=O) groups excluding carboxylic acids is 1. The third kappa shape index (κ3) is 5.40. The van der Waals surface area contributed by atoms with Gasteiger partial charge in [0, 0.05) is 56.4 Å². The molecule has 1 saturated heterocycles. The minimum atomic E-state index is -1.35. The van der Waals surface area contributed by atoms with Gasteiger partial charge in [0.05, 0.1) is 11.2 Å². The molecule has 178 valence electrons. The van der Waals surface area contributed by atoms with Gasteiger partial charge in [-0.15, -0.1) is 0 Å². The quantitative estimate of drug-likeness (QED) is 0.449. The Bertz CT molecular complexity index is 1140. The fraction of sp³-hybridized carbons (Fsp3) is 0.435. The van der Waals surface area contributed by atoms with E-state index in [4.69, 9.17) is 4.74 Å². The van der Waals surface area contributed by atoms with Crippen LogP contribution in [0, 0.1) is 5.82 Å². The predicted molar refractivity (Wildman–Crippen MR) is 121 cm³/mol. The van der Waals surface area contributed by atoms with Crippen LogP contribution in [-0.4, -0.2) is 77.1 Å². The van der Waals surface area contributed by atoms with Gasteiger partial charge in [-0.3, -0.25) is 9.69 Å². The van der Waals surface area contributed by atoms with Crippen molar-refractivity contribution in [2.24, 2.45) is 0 Å². The van der Waals surface area contributed by atoms with Crippen molar-refractivity contribution in [3.8, 4) is 0 Å². The van der Waals surface area contributed by atoms with Gasteiger partial charge in [0.15, 0.2) is 0 Å². The molecule has 1 aromatic carbocycles. The molecule has 3 rings (SSSR count). The van der Waals surface area contributed by atoms with E-state index in [-0.39, 0.29) is 17.6 Å². The van der Waals surface area contributed by atoms with E-state index in [0.717, 1.165) is 6.07 Å². The maximum atomic E-state index is 15.0. The van der Waals surface area contributed by atoms with Gasteiger partial charge in [0.1, 0.15) is 24.1 Å². The second-order valence-corrected chi connectivity index (χ2v) is 8.10. The summed E-state index contributed by atoms with van der Waals surface area (Å²) in [6.07, 6.45) is 0.439. The molecule has 1 aromatic heterocycles. The minimum absolute atomic E-state index is 0.0315. The number of pyridine rings is 1. The van der Waals surface area contributed by atoms with Gasteiger partial charge >= 0.3 is 11.9 Å². The number of carboxylic acid groups (broad SMARTS) is 1. The highest BCUT2D eigenvalue weighted by Gasteiger charge is 2.24. The number of hydrogen-bond acceptors (Lipinski definition) is 7. The molecule has 1 unspecified atom stereocenters. The lowest BCUT2D eigenvalue weighted by atomic mass is 10.1. The standard InChI is InChI=1S/C23H28FN3O6/c1-4-26-12-17(22(30)31)21(29)16-9-18(24)20(10-19(16)26)27-7-5-25(6-8-27)11-15(28)13-33-23(32)14(2)3/h9-10,12,15,28H,2,4-8,11,13H2,1,3H3,(H,30,31). The van der Waals surface area contributed by atoms with Gasteiger partial charge in [0.2, 0.25) is 5.43 Å². The summed E-state index contributed by atoms with van der Waals surface area (Å²) in [6, 6.07) is 2.69. The highest BCUT2D eigenvalue weighted by Crippen LogP contribution is 2.26. The molecule has 1 fully saturated rings. The molecule has 0 saturated carbocycles. The number of halogens is 1. The summed E-state index contributed by atoms with van der Waals surface area (Å²) in [5, 5.41) is 19.4. The number of aromatic nitrogens is 1. The summed E-state index contributed by atoms with van der Waals surface area (Å²) in [6.45, 7) is 9.54. The monoisotopic (exact) mass is 461 g/mol. The predicted octanol–water partition coefficient (Wildman–Crippen LogP) is 1.46. The maximum Gasteiger partial charge on any atom is 0.341 e. The van der Waals surface area contributed by atoms with Crippen LogP contribution in [0.4, 0.5) is 10.1 Å². The molecule has 9 nitrogen and oxygen atoms in total. The number of fused-ring (bicyclic) bond motifs is 1. The van der Waals surface area contributed by atoms with Gasteiger partial charge < -0.3 is 24.4 Å². The van der Waals surface area contributed by atoms with Crippen molar-refractivity contribution < 1.29 is 28.9 Å². The summed E-state index contributed by atoms with van der Waals surface area (Å²) < 4.78 is 21.6. The van der Waals surface area contributed by atoms with Crippen LogP contribution in [0.3, 0.4) is 0 Å². The highest BCUT2D eigenvalue weighted by molar-refractivity contribution is 5.93. The van der Waals surface area contributed by atoms with Crippen molar-refractivity contribution >= 4 is 28.5 Å². The molecular weight excluding hydrogens is 433 g/mol. The SMILES string of the molecule is C=C(C)C(=O)OCC(O)CN1CCN(c2cc3c(cc2F)c(=O)c(C(=O)O)cn3CC)CC1. The Balaban J connectivity index is 1.72. The molecule has 0 bridgehead atoms. The number of piperazine rings is 1. The number of benzene rings is 1. The Morgan fingerprint density at radius 3 is 2.48 bits per heavy atom. The summed E-state index contributed by atoms with van der Waals surface area (Å²) in [5.74, 6) is -2.49. The third-order valence-electron chi connectivity index (χ3n) is 5.66. The number of aliphatic hydroxyl groups is 1. The second kappa shape index (κ2) is 10.1. The van der Waals surface area contributed by atoms with Crippen LogP contribution in [0.15, 0.2) is 35.3 Å². The van der Waals surface area contributed by atoms with E-state index in [2.05, 4.69) is 6.58 Å². The van der Waals surface area contributed by atoms with E-state index in [9.17, 15) is 29.0 Å². The molecule has 2 N–H and O–H groups in total. The second-order valence-electron chi connectivity index (χ2n) is 8.10. The molecule has 2 heterocycles. The molecule has 0 aliphatic carbocycles. The van der Waals surface area contributed by atoms with Crippen LogP contribution in [0.2, 0.25) is 0 Å². The van der Waals surface area contributed by atoms with E-state index < -0.39 is 34.9 Å². The highest BCUT2D eigenvalue weighted by atomic mass is 19.1. The molecule has 0 amide bonds. The summed E-state index contributed by atoms with van der Waals surface area (Å²) >= 11 is 0. The Morgan fingerprint density at radius 1 is 1.24 bits per heavy atom. The summed E-state index contributed by atoms with van der Waals surface area (Å²) in [7, 11) is 0. The van der Waals surface area contributed by atoms with Gasteiger partial charge in [-0.05, 0) is 26.0 Å². The normalized spacial score (nSPS) is 15.5. The van der Waals surface area contributed by atoms with Crippen molar-refractivity contribution in [2.45, 2.75) is 26.5 Å². The summed E-state index contributed by atoms with van der Waals surface area (Å²) in [4.78, 5) is 39.2. The van der Waals surface area contributed by atoms with E-state index in [1.165, 1.54) is 13.1 Å². The molecule has 10 heteroatoms. The third-order valence-corrected chi connectivity index (χ3v) is 5.66. The molecule has 33 heavy (non-hydrogen) atoms.